The van der Waals surface area contributed by atoms with Crippen LogP contribution in [0.3, 0.4) is 0 Å². The van der Waals surface area contributed by atoms with Crippen molar-refractivity contribution in [1.82, 2.24) is 4.57 Å². The van der Waals surface area contributed by atoms with E-state index in [-0.39, 0.29) is 11.3 Å². The maximum absolute atomic E-state index is 13.5. The quantitative estimate of drug-likeness (QED) is 0.634. The molecule has 0 aliphatic heterocycles. The molecule has 2 aromatic carbocycles. The number of ether oxygens (including phenoxy) is 1. The van der Waals surface area contributed by atoms with E-state index in [1.54, 1.807) is 31.4 Å². The van der Waals surface area contributed by atoms with Gasteiger partial charge in [-0.25, -0.2) is 0 Å². The Balaban J connectivity index is 1.80. The van der Waals surface area contributed by atoms with Crippen molar-refractivity contribution in [2.24, 2.45) is 0 Å². The molecule has 0 unspecified atom stereocenters. The van der Waals surface area contributed by atoms with Crippen LogP contribution in [-0.4, -0.2) is 23.4 Å². The van der Waals surface area contributed by atoms with E-state index >= 15 is 0 Å². The summed E-state index contributed by atoms with van der Waals surface area (Å²) < 4.78 is 6.66. The van der Waals surface area contributed by atoms with Crippen molar-refractivity contribution in [2.75, 3.05) is 12.4 Å². The Morgan fingerprint density at radius 3 is 2.31 bits per heavy atom. The van der Waals surface area contributed by atoms with Gasteiger partial charge in [0.15, 0.2) is 5.78 Å². The van der Waals surface area contributed by atoms with Crippen LogP contribution in [0.2, 0.25) is 0 Å². The lowest BCUT2D eigenvalue weighted by Gasteiger charge is -2.22. The Labute approximate surface area is 186 Å². The van der Waals surface area contributed by atoms with Crippen LogP contribution < -0.4 is 15.6 Å². The van der Waals surface area contributed by atoms with Gasteiger partial charge < -0.3 is 10.1 Å². The van der Waals surface area contributed by atoms with Crippen LogP contribution in [0.4, 0.5) is 5.69 Å². The average molecular weight is 431 g/mol. The van der Waals surface area contributed by atoms with Gasteiger partial charge in [-0.1, -0.05) is 26.0 Å². The highest BCUT2D eigenvalue weighted by Gasteiger charge is 2.26. The van der Waals surface area contributed by atoms with E-state index in [1.165, 1.54) is 10.6 Å². The number of methoxy groups -OCH3 is 1. The van der Waals surface area contributed by atoms with E-state index in [1.807, 2.05) is 24.3 Å². The van der Waals surface area contributed by atoms with Gasteiger partial charge in [0, 0.05) is 29.1 Å². The molecule has 3 aromatic rings. The van der Waals surface area contributed by atoms with E-state index in [2.05, 4.69) is 19.2 Å². The summed E-state index contributed by atoms with van der Waals surface area (Å²) in [5.74, 6) is 0.429. The number of hydrogen-bond acceptors (Lipinski definition) is 4. The number of hydrogen-bond donors (Lipinski definition) is 1. The second-order valence-corrected chi connectivity index (χ2v) is 8.26. The number of ketones is 1. The molecule has 0 radical (unpaired) electrons. The predicted molar refractivity (Wildman–Crippen MR) is 124 cm³/mol. The number of benzene rings is 2. The van der Waals surface area contributed by atoms with Gasteiger partial charge in [-0.3, -0.25) is 19.0 Å². The average Bonchev–Trinajstić information content (AvgIpc) is 2.79. The lowest BCUT2D eigenvalue weighted by atomic mass is 9.92. The van der Waals surface area contributed by atoms with E-state index < -0.39 is 11.5 Å². The molecule has 6 heteroatoms. The van der Waals surface area contributed by atoms with Gasteiger partial charge in [0.05, 0.1) is 7.11 Å². The van der Waals surface area contributed by atoms with E-state index in [0.717, 1.165) is 5.56 Å². The van der Waals surface area contributed by atoms with Gasteiger partial charge >= 0.3 is 0 Å². The molecule has 1 aliphatic carbocycles. The third-order valence-electron chi connectivity index (χ3n) is 5.83. The molecule has 32 heavy (non-hydrogen) atoms. The zero-order chi connectivity index (χ0) is 22.8. The normalized spacial score (nSPS) is 13.1. The minimum Gasteiger partial charge on any atom is -0.497 e. The topological polar surface area (TPSA) is 77.4 Å². The summed E-state index contributed by atoms with van der Waals surface area (Å²) in [7, 11) is 1.56. The van der Waals surface area contributed by atoms with Crippen molar-refractivity contribution in [1.29, 1.82) is 0 Å². The first-order valence-electron chi connectivity index (χ1n) is 10.8. The number of nitrogens with zero attached hydrogens (tertiary/aromatic N) is 1. The van der Waals surface area contributed by atoms with Crippen LogP contribution in [0, 0.1) is 0 Å². The highest BCUT2D eigenvalue weighted by Crippen LogP contribution is 2.25. The molecule has 1 aliphatic rings. The summed E-state index contributed by atoms with van der Waals surface area (Å²) in [6.07, 6.45) is 1.71. The van der Waals surface area contributed by atoms with Crippen molar-refractivity contribution in [3.63, 3.8) is 0 Å². The summed E-state index contributed by atoms with van der Waals surface area (Å²) in [6, 6.07) is 16.0. The monoisotopic (exact) mass is 430 g/mol. The molecule has 4 rings (SSSR count). The second-order valence-electron chi connectivity index (χ2n) is 8.26. The summed E-state index contributed by atoms with van der Waals surface area (Å²) in [6.45, 7) is 4.21. The van der Waals surface area contributed by atoms with E-state index in [0.29, 0.717) is 53.6 Å². The zero-order valence-corrected chi connectivity index (χ0v) is 18.5. The molecule has 0 atom stereocenters. The van der Waals surface area contributed by atoms with Crippen LogP contribution >= 0.6 is 0 Å². The number of fused-ring (bicyclic) bond motifs is 1. The molecule has 0 bridgehead atoms. The Kier molecular flexibility index (Phi) is 5.95. The van der Waals surface area contributed by atoms with Crippen LogP contribution in [-0.2, 0) is 6.42 Å². The maximum Gasteiger partial charge on any atom is 0.268 e. The molecule has 0 saturated heterocycles. The first kappa shape index (κ1) is 21.6. The smallest absolute Gasteiger partial charge is 0.268 e. The molecular formula is C26H26N2O4. The third kappa shape index (κ3) is 4.08. The van der Waals surface area contributed by atoms with Crippen molar-refractivity contribution in [3.8, 4) is 11.4 Å². The maximum atomic E-state index is 13.5. The molecule has 6 nitrogen and oxygen atoms in total. The fourth-order valence-electron chi connectivity index (χ4n) is 4.01. The standard InChI is InChI=1S/C26H26N2O4/c1-16(2)17-7-11-19(12-8-17)28-23-5-4-6-24(29)21(23)15-22(26(28)31)25(30)27-18-9-13-20(32-3)14-10-18/h7-16H,4-6H2,1-3H3,(H,27,30). The van der Waals surface area contributed by atoms with Gasteiger partial charge in [-0.15, -0.1) is 0 Å². The fourth-order valence-corrected chi connectivity index (χ4v) is 4.01. The SMILES string of the molecule is COc1ccc(NC(=O)c2cc3c(n(-c4ccc(C(C)C)cc4)c2=O)CCCC3=O)cc1. The Bertz CT molecular complexity index is 1220. The highest BCUT2D eigenvalue weighted by molar-refractivity contribution is 6.06. The van der Waals surface area contributed by atoms with Crippen LogP contribution in [0.25, 0.3) is 5.69 Å². The number of pyridine rings is 1. The summed E-state index contributed by atoms with van der Waals surface area (Å²) in [5, 5.41) is 2.76. The number of nitrogens with one attached hydrogen (secondary N) is 1. The van der Waals surface area contributed by atoms with Gasteiger partial charge in [-0.05, 0) is 66.8 Å². The minimum atomic E-state index is -0.547. The van der Waals surface area contributed by atoms with Crippen molar-refractivity contribution < 1.29 is 14.3 Å². The molecule has 0 fully saturated rings. The molecule has 0 saturated carbocycles. The van der Waals surface area contributed by atoms with Gasteiger partial charge in [0.25, 0.3) is 11.5 Å². The number of carbonyl (C=O) groups is 2. The highest BCUT2D eigenvalue weighted by atomic mass is 16.5. The predicted octanol–water partition coefficient (Wildman–Crippen LogP) is 4.74. The van der Waals surface area contributed by atoms with Gasteiger partial charge in [0.2, 0.25) is 0 Å². The Hall–Kier alpha value is -3.67. The Morgan fingerprint density at radius 2 is 1.69 bits per heavy atom. The molecule has 1 heterocycles. The molecule has 1 N–H and O–H groups in total. The van der Waals surface area contributed by atoms with Crippen LogP contribution in [0.15, 0.2) is 59.4 Å². The number of carbonyl (C=O) groups excluding carboxylic acids is 2. The summed E-state index contributed by atoms with van der Waals surface area (Å²) >= 11 is 0. The van der Waals surface area contributed by atoms with Crippen LogP contribution in [0.1, 0.15) is 64.6 Å². The fraction of sp³-hybridized carbons (Fsp3) is 0.269. The molecule has 0 spiro atoms. The number of anilines is 1. The lowest BCUT2D eigenvalue weighted by Crippen LogP contribution is -2.33. The first-order valence-corrected chi connectivity index (χ1v) is 10.8. The first-order chi connectivity index (χ1) is 15.4. The third-order valence-corrected chi connectivity index (χ3v) is 5.83. The van der Waals surface area contributed by atoms with E-state index in [9.17, 15) is 14.4 Å². The van der Waals surface area contributed by atoms with E-state index in [4.69, 9.17) is 4.74 Å². The lowest BCUT2D eigenvalue weighted by molar-refractivity contribution is 0.0971. The van der Waals surface area contributed by atoms with Gasteiger partial charge in [-0.2, -0.15) is 0 Å². The molecule has 1 amide bonds. The summed E-state index contributed by atoms with van der Waals surface area (Å²) in [5.41, 5.74) is 2.98. The largest absolute Gasteiger partial charge is 0.497 e. The number of rotatable bonds is 5. The molecule has 164 valence electrons. The second kappa shape index (κ2) is 8.83. The number of Topliss-reactive ketones (excluding diaryl/α,β-unsaturated/α-hetero) is 1. The van der Waals surface area contributed by atoms with Gasteiger partial charge in [0.1, 0.15) is 11.3 Å². The van der Waals surface area contributed by atoms with Crippen molar-refractivity contribution in [2.45, 2.75) is 39.0 Å². The molecular weight excluding hydrogens is 404 g/mol. The molecule has 1 aromatic heterocycles. The van der Waals surface area contributed by atoms with Crippen LogP contribution in [0.5, 0.6) is 5.75 Å². The van der Waals surface area contributed by atoms with Crippen molar-refractivity contribution >= 4 is 17.4 Å². The van der Waals surface area contributed by atoms with Crippen molar-refractivity contribution in [3.05, 3.63) is 87.3 Å². The zero-order valence-electron chi connectivity index (χ0n) is 18.5. The summed E-state index contributed by atoms with van der Waals surface area (Å²) in [4.78, 5) is 39.2. The Morgan fingerprint density at radius 1 is 1.00 bits per heavy atom. The number of aromatic nitrogens is 1. The number of amides is 1. The minimum absolute atomic E-state index is 0.0442.